The summed E-state index contributed by atoms with van der Waals surface area (Å²) in [6.07, 6.45) is 4.07. The minimum absolute atomic E-state index is 0.295. The lowest BCUT2D eigenvalue weighted by atomic mass is 9.89. The Bertz CT molecular complexity index is 495. The molecule has 0 saturated heterocycles. The summed E-state index contributed by atoms with van der Waals surface area (Å²) in [4.78, 5) is 0. The first-order valence-electron chi connectivity index (χ1n) is 7.43. The first-order chi connectivity index (χ1) is 9.63. The van der Waals surface area contributed by atoms with E-state index in [9.17, 15) is 0 Å². The third-order valence-corrected chi connectivity index (χ3v) is 5.37. The Morgan fingerprint density at radius 1 is 1.20 bits per heavy atom. The van der Waals surface area contributed by atoms with Gasteiger partial charge in [0.25, 0.3) is 0 Å². The van der Waals surface area contributed by atoms with Crippen LogP contribution >= 0.6 is 23.2 Å². The Labute approximate surface area is 130 Å². The predicted octanol–water partition coefficient (Wildman–Crippen LogP) is 4.70. The molecule has 2 nitrogen and oxygen atoms in total. The predicted molar refractivity (Wildman–Crippen MR) is 83.8 cm³/mol. The first-order valence-corrected chi connectivity index (χ1v) is 8.18. The molecule has 4 heteroatoms. The highest BCUT2D eigenvalue weighted by molar-refractivity contribution is 6.34. The van der Waals surface area contributed by atoms with Crippen LogP contribution in [-0.2, 0) is 0 Å². The van der Waals surface area contributed by atoms with Gasteiger partial charge < -0.3 is 10.1 Å². The second kappa shape index (κ2) is 5.75. The van der Waals surface area contributed by atoms with E-state index in [2.05, 4.69) is 5.32 Å². The van der Waals surface area contributed by atoms with E-state index in [0.717, 1.165) is 22.4 Å². The second-order valence-corrected chi connectivity index (χ2v) is 6.81. The number of rotatable bonds is 5. The van der Waals surface area contributed by atoms with Crippen LogP contribution < -0.4 is 10.1 Å². The maximum atomic E-state index is 6.46. The number of fused-ring (bicyclic) bond motifs is 1. The average molecular weight is 314 g/mol. The number of hydrogen-bond donors (Lipinski definition) is 1. The molecule has 0 heterocycles. The zero-order valence-electron chi connectivity index (χ0n) is 12.0. The molecule has 2 aliphatic carbocycles. The van der Waals surface area contributed by atoms with Crippen molar-refractivity contribution in [3.63, 3.8) is 0 Å². The fraction of sp³-hybridized carbons (Fsp3) is 0.625. The highest BCUT2D eigenvalue weighted by Gasteiger charge is 2.48. The van der Waals surface area contributed by atoms with Crippen LogP contribution in [0.5, 0.6) is 5.75 Å². The van der Waals surface area contributed by atoms with E-state index in [1.54, 1.807) is 0 Å². The van der Waals surface area contributed by atoms with Crippen molar-refractivity contribution in [2.24, 2.45) is 17.8 Å². The molecule has 3 atom stereocenters. The summed E-state index contributed by atoms with van der Waals surface area (Å²) in [5, 5.41) is 4.83. The molecule has 0 aromatic heterocycles. The lowest BCUT2D eigenvalue weighted by molar-refractivity contribution is 0.338. The molecule has 3 rings (SSSR count). The molecule has 110 valence electrons. The van der Waals surface area contributed by atoms with Gasteiger partial charge in [0.1, 0.15) is 5.75 Å². The molecule has 0 spiro atoms. The molecule has 20 heavy (non-hydrogen) atoms. The summed E-state index contributed by atoms with van der Waals surface area (Å²) in [5.41, 5.74) is 1.11. The minimum atomic E-state index is 0.295. The van der Waals surface area contributed by atoms with Crippen molar-refractivity contribution in [3.8, 4) is 5.75 Å². The van der Waals surface area contributed by atoms with E-state index in [-0.39, 0.29) is 0 Å². The Kier molecular flexibility index (Phi) is 4.16. The molecule has 3 unspecified atom stereocenters. The average Bonchev–Trinajstić information content (AvgIpc) is 3.03. The van der Waals surface area contributed by atoms with E-state index in [1.165, 1.54) is 19.3 Å². The van der Waals surface area contributed by atoms with Gasteiger partial charge in [-0.15, -0.1) is 0 Å². The maximum absolute atomic E-state index is 6.46. The number of benzene rings is 1. The number of ether oxygens (including phenoxy) is 1. The summed E-state index contributed by atoms with van der Waals surface area (Å²) in [6, 6.07) is 4.12. The third-order valence-electron chi connectivity index (χ3n) is 4.75. The van der Waals surface area contributed by atoms with Gasteiger partial charge in [-0.3, -0.25) is 0 Å². The van der Waals surface area contributed by atoms with Gasteiger partial charge in [-0.25, -0.2) is 0 Å². The normalized spacial score (nSPS) is 29.1. The summed E-state index contributed by atoms with van der Waals surface area (Å²) in [5.74, 6) is 3.28. The van der Waals surface area contributed by atoms with Crippen molar-refractivity contribution in [2.45, 2.75) is 32.2 Å². The van der Waals surface area contributed by atoms with Crippen LogP contribution in [0.1, 0.15) is 37.8 Å². The standard InChI is InChI=1S/C16H21Cl2NO/c1-3-20-15-8-13(17)12(7-14(15)18)16(19-2)11-5-9-4-10(9)6-11/h7-11,16,19H,3-6H2,1-2H3. The van der Waals surface area contributed by atoms with Crippen molar-refractivity contribution in [3.05, 3.63) is 27.7 Å². The largest absolute Gasteiger partial charge is 0.492 e. The topological polar surface area (TPSA) is 21.3 Å². The molecular formula is C16H21Cl2NO. The van der Waals surface area contributed by atoms with Crippen LogP contribution in [0.2, 0.25) is 10.0 Å². The lowest BCUT2D eigenvalue weighted by Gasteiger charge is -2.26. The Morgan fingerprint density at radius 2 is 1.90 bits per heavy atom. The Balaban J connectivity index is 1.85. The quantitative estimate of drug-likeness (QED) is 0.850. The van der Waals surface area contributed by atoms with E-state index in [4.69, 9.17) is 27.9 Å². The molecule has 2 saturated carbocycles. The summed E-state index contributed by atoms with van der Waals surface area (Å²) >= 11 is 12.8. The number of nitrogens with one attached hydrogen (secondary N) is 1. The van der Waals surface area contributed by atoms with Gasteiger partial charge in [0.05, 0.1) is 11.6 Å². The molecule has 0 radical (unpaired) electrons. The fourth-order valence-corrected chi connectivity index (χ4v) is 4.23. The van der Waals surface area contributed by atoms with Gasteiger partial charge in [0, 0.05) is 17.1 Å². The van der Waals surface area contributed by atoms with E-state index < -0.39 is 0 Å². The Morgan fingerprint density at radius 3 is 2.50 bits per heavy atom. The highest BCUT2D eigenvalue weighted by atomic mass is 35.5. The van der Waals surface area contributed by atoms with Crippen LogP contribution in [0.15, 0.2) is 12.1 Å². The van der Waals surface area contributed by atoms with Crippen molar-refractivity contribution in [2.75, 3.05) is 13.7 Å². The van der Waals surface area contributed by atoms with Gasteiger partial charge in [-0.1, -0.05) is 23.2 Å². The number of hydrogen-bond acceptors (Lipinski definition) is 2. The third kappa shape index (κ3) is 2.66. The van der Waals surface area contributed by atoms with Crippen LogP contribution in [-0.4, -0.2) is 13.7 Å². The van der Waals surface area contributed by atoms with Gasteiger partial charge >= 0.3 is 0 Å². The van der Waals surface area contributed by atoms with E-state index >= 15 is 0 Å². The van der Waals surface area contributed by atoms with Crippen molar-refractivity contribution >= 4 is 23.2 Å². The smallest absolute Gasteiger partial charge is 0.139 e. The van der Waals surface area contributed by atoms with E-state index in [0.29, 0.717) is 29.3 Å². The molecule has 0 amide bonds. The first kappa shape index (κ1) is 14.5. The molecule has 0 bridgehead atoms. The molecule has 2 fully saturated rings. The van der Waals surface area contributed by atoms with Crippen LogP contribution in [0.25, 0.3) is 0 Å². The molecular weight excluding hydrogens is 293 g/mol. The van der Waals surface area contributed by atoms with Crippen molar-refractivity contribution < 1.29 is 4.74 Å². The summed E-state index contributed by atoms with van der Waals surface area (Å²) in [6.45, 7) is 2.54. The van der Waals surface area contributed by atoms with Gasteiger partial charge in [0.15, 0.2) is 0 Å². The lowest BCUT2D eigenvalue weighted by Crippen LogP contribution is -2.25. The van der Waals surface area contributed by atoms with Crippen LogP contribution in [0, 0.1) is 17.8 Å². The zero-order chi connectivity index (χ0) is 14.3. The number of halogens is 2. The molecule has 2 aliphatic rings. The van der Waals surface area contributed by atoms with Crippen LogP contribution in [0.4, 0.5) is 0 Å². The fourth-order valence-electron chi connectivity index (χ4n) is 3.73. The molecule has 1 aromatic carbocycles. The van der Waals surface area contributed by atoms with Gasteiger partial charge in [0.2, 0.25) is 0 Å². The Hall–Kier alpha value is -0.440. The molecule has 1 aromatic rings. The molecule has 0 aliphatic heterocycles. The van der Waals surface area contributed by atoms with Crippen molar-refractivity contribution in [1.29, 1.82) is 0 Å². The SMILES string of the molecule is CCOc1cc(Cl)c(C(NC)C2CC3CC3C2)cc1Cl. The zero-order valence-corrected chi connectivity index (χ0v) is 13.5. The molecule has 1 N–H and O–H groups in total. The second-order valence-electron chi connectivity index (χ2n) is 5.99. The summed E-state index contributed by atoms with van der Waals surface area (Å²) < 4.78 is 5.50. The van der Waals surface area contributed by atoms with Crippen LogP contribution in [0.3, 0.4) is 0 Å². The van der Waals surface area contributed by atoms with Gasteiger partial charge in [-0.05, 0) is 62.6 Å². The van der Waals surface area contributed by atoms with E-state index in [1.807, 2.05) is 26.1 Å². The maximum Gasteiger partial charge on any atom is 0.139 e. The minimum Gasteiger partial charge on any atom is -0.492 e. The highest BCUT2D eigenvalue weighted by Crippen LogP contribution is 2.57. The monoisotopic (exact) mass is 313 g/mol. The van der Waals surface area contributed by atoms with Crippen molar-refractivity contribution in [1.82, 2.24) is 5.32 Å². The van der Waals surface area contributed by atoms with Gasteiger partial charge in [-0.2, -0.15) is 0 Å². The summed E-state index contributed by atoms with van der Waals surface area (Å²) in [7, 11) is 2.01.